The lowest BCUT2D eigenvalue weighted by atomic mass is 10.2. The molecule has 1 atom stereocenters. The standard InChI is InChI=1S/C10H20N2O2S/c13-15(14,10-2-1-6-11-8-10)12-7-5-9-3-4-9/h9-12H,1-8H2. The van der Waals surface area contributed by atoms with Crippen LogP contribution in [0.5, 0.6) is 0 Å². The van der Waals surface area contributed by atoms with Crippen molar-refractivity contribution >= 4 is 10.0 Å². The SMILES string of the molecule is O=S(=O)(NCCC1CC1)C1CCCNC1. The summed E-state index contributed by atoms with van der Waals surface area (Å²) in [5.74, 6) is 0.789. The summed E-state index contributed by atoms with van der Waals surface area (Å²) in [4.78, 5) is 0. The minimum absolute atomic E-state index is 0.217. The van der Waals surface area contributed by atoms with Gasteiger partial charge in [0.15, 0.2) is 0 Å². The number of hydrogen-bond donors (Lipinski definition) is 2. The number of hydrogen-bond acceptors (Lipinski definition) is 3. The molecule has 2 N–H and O–H groups in total. The molecule has 1 saturated heterocycles. The van der Waals surface area contributed by atoms with Crippen LogP contribution in [0.2, 0.25) is 0 Å². The van der Waals surface area contributed by atoms with Crippen molar-refractivity contribution in [3.63, 3.8) is 0 Å². The van der Waals surface area contributed by atoms with E-state index in [0.29, 0.717) is 13.1 Å². The zero-order valence-electron chi connectivity index (χ0n) is 9.04. The molecule has 1 aliphatic heterocycles. The molecule has 0 spiro atoms. The van der Waals surface area contributed by atoms with Crippen LogP contribution in [0.25, 0.3) is 0 Å². The summed E-state index contributed by atoms with van der Waals surface area (Å²) < 4.78 is 26.4. The molecule has 0 bridgehead atoms. The average Bonchev–Trinajstić information content (AvgIpc) is 3.03. The largest absolute Gasteiger partial charge is 0.315 e. The van der Waals surface area contributed by atoms with E-state index in [1.165, 1.54) is 12.8 Å². The van der Waals surface area contributed by atoms with E-state index in [9.17, 15) is 8.42 Å². The highest BCUT2D eigenvalue weighted by Crippen LogP contribution is 2.31. The Morgan fingerprint density at radius 2 is 2.07 bits per heavy atom. The lowest BCUT2D eigenvalue weighted by Crippen LogP contribution is -2.44. The van der Waals surface area contributed by atoms with Gasteiger partial charge in [0, 0.05) is 13.1 Å². The molecule has 15 heavy (non-hydrogen) atoms. The first-order chi connectivity index (χ1) is 7.18. The molecule has 1 heterocycles. The Bertz CT molecular complexity index is 293. The van der Waals surface area contributed by atoms with Crippen LogP contribution < -0.4 is 10.0 Å². The first kappa shape index (κ1) is 11.4. The Kier molecular flexibility index (Phi) is 3.64. The summed E-state index contributed by atoms with van der Waals surface area (Å²) in [5, 5.41) is 2.92. The molecule has 0 aromatic carbocycles. The van der Waals surface area contributed by atoms with Crippen molar-refractivity contribution in [1.82, 2.24) is 10.0 Å². The van der Waals surface area contributed by atoms with E-state index in [2.05, 4.69) is 10.0 Å². The number of sulfonamides is 1. The van der Waals surface area contributed by atoms with E-state index >= 15 is 0 Å². The van der Waals surface area contributed by atoms with Crippen molar-refractivity contribution in [3.05, 3.63) is 0 Å². The summed E-state index contributed by atoms with van der Waals surface area (Å²) >= 11 is 0. The Labute approximate surface area is 91.9 Å². The maximum absolute atomic E-state index is 11.8. The summed E-state index contributed by atoms with van der Waals surface area (Å²) in [7, 11) is -3.06. The van der Waals surface area contributed by atoms with E-state index < -0.39 is 10.0 Å². The number of rotatable bonds is 5. The predicted molar refractivity (Wildman–Crippen MR) is 60.2 cm³/mol. The zero-order valence-corrected chi connectivity index (χ0v) is 9.85. The minimum atomic E-state index is -3.06. The van der Waals surface area contributed by atoms with Crippen molar-refractivity contribution in [3.8, 4) is 0 Å². The van der Waals surface area contributed by atoms with Gasteiger partial charge in [-0.2, -0.15) is 0 Å². The predicted octanol–water partition coefficient (Wildman–Crippen LogP) is 0.458. The fourth-order valence-electron chi connectivity index (χ4n) is 2.01. The smallest absolute Gasteiger partial charge is 0.215 e. The summed E-state index contributed by atoms with van der Waals surface area (Å²) in [6.07, 6.45) is 5.35. The van der Waals surface area contributed by atoms with Gasteiger partial charge in [-0.05, 0) is 31.7 Å². The van der Waals surface area contributed by atoms with E-state index in [0.717, 1.165) is 31.7 Å². The molecule has 4 nitrogen and oxygen atoms in total. The van der Waals surface area contributed by atoms with Gasteiger partial charge in [-0.1, -0.05) is 12.8 Å². The molecule has 0 aromatic heterocycles. The van der Waals surface area contributed by atoms with Crippen LogP contribution in [0.3, 0.4) is 0 Å². The lowest BCUT2D eigenvalue weighted by Gasteiger charge is -2.22. The van der Waals surface area contributed by atoms with Gasteiger partial charge in [0.25, 0.3) is 0 Å². The topological polar surface area (TPSA) is 58.2 Å². The van der Waals surface area contributed by atoms with Crippen LogP contribution in [0.1, 0.15) is 32.1 Å². The third-order valence-electron chi connectivity index (χ3n) is 3.24. The van der Waals surface area contributed by atoms with E-state index in [1.807, 2.05) is 0 Å². The number of nitrogens with one attached hydrogen (secondary N) is 2. The van der Waals surface area contributed by atoms with Gasteiger partial charge in [-0.15, -0.1) is 0 Å². The van der Waals surface area contributed by atoms with E-state index in [-0.39, 0.29) is 5.25 Å². The fraction of sp³-hybridized carbons (Fsp3) is 1.00. The van der Waals surface area contributed by atoms with Gasteiger partial charge in [-0.3, -0.25) is 0 Å². The highest BCUT2D eigenvalue weighted by Gasteiger charge is 2.27. The molecule has 0 amide bonds. The molecule has 1 aliphatic carbocycles. The monoisotopic (exact) mass is 232 g/mol. The Balaban J connectivity index is 1.76. The normalized spacial score (nSPS) is 27.9. The van der Waals surface area contributed by atoms with Crippen molar-refractivity contribution < 1.29 is 8.42 Å². The van der Waals surface area contributed by atoms with E-state index in [1.54, 1.807) is 0 Å². The minimum Gasteiger partial charge on any atom is -0.315 e. The zero-order chi connectivity index (χ0) is 10.7. The van der Waals surface area contributed by atoms with Crippen molar-refractivity contribution in [2.24, 2.45) is 5.92 Å². The van der Waals surface area contributed by atoms with Gasteiger partial charge in [0.2, 0.25) is 10.0 Å². The summed E-state index contributed by atoms with van der Waals surface area (Å²) in [6, 6.07) is 0. The molecule has 2 aliphatic rings. The van der Waals surface area contributed by atoms with Gasteiger partial charge >= 0.3 is 0 Å². The molecular formula is C10H20N2O2S. The molecule has 2 rings (SSSR count). The van der Waals surface area contributed by atoms with Crippen LogP contribution in [-0.4, -0.2) is 33.3 Å². The fourth-order valence-corrected chi connectivity index (χ4v) is 3.47. The van der Waals surface area contributed by atoms with E-state index in [4.69, 9.17) is 0 Å². The second-order valence-corrected chi connectivity index (χ2v) is 6.69. The van der Waals surface area contributed by atoms with Crippen molar-refractivity contribution in [2.45, 2.75) is 37.4 Å². The van der Waals surface area contributed by atoms with Crippen LogP contribution >= 0.6 is 0 Å². The molecule has 2 fully saturated rings. The average molecular weight is 232 g/mol. The molecule has 0 radical (unpaired) electrons. The Morgan fingerprint density at radius 1 is 1.27 bits per heavy atom. The molecule has 1 saturated carbocycles. The Morgan fingerprint density at radius 3 is 2.67 bits per heavy atom. The van der Waals surface area contributed by atoms with Crippen LogP contribution in [0.15, 0.2) is 0 Å². The molecule has 0 aromatic rings. The summed E-state index contributed by atoms with van der Waals surface area (Å²) in [5.41, 5.74) is 0. The highest BCUT2D eigenvalue weighted by atomic mass is 32.2. The van der Waals surface area contributed by atoms with Gasteiger partial charge in [-0.25, -0.2) is 13.1 Å². The first-order valence-corrected chi connectivity index (χ1v) is 7.42. The van der Waals surface area contributed by atoms with Crippen LogP contribution in [-0.2, 0) is 10.0 Å². The second-order valence-electron chi connectivity index (χ2n) is 4.64. The summed E-state index contributed by atoms with van der Waals surface area (Å²) in [6.45, 7) is 2.19. The second kappa shape index (κ2) is 4.80. The van der Waals surface area contributed by atoms with Gasteiger partial charge < -0.3 is 5.32 Å². The quantitative estimate of drug-likeness (QED) is 0.724. The molecule has 5 heteroatoms. The Hall–Kier alpha value is -0.130. The molecular weight excluding hydrogens is 212 g/mol. The third kappa shape index (κ3) is 3.43. The molecule has 88 valence electrons. The third-order valence-corrected chi connectivity index (χ3v) is 5.13. The van der Waals surface area contributed by atoms with Crippen molar-refractivity contribution in [2.75, 3.05) is 19.6 Å². The maximum atomic E-state index is 11.8. The highest BCUT2D eigenvalue weighted by molar-refractivity contribution is 7.90. The lowest BCUT2D eigenvalue weighted by molar-refractivity contribution is 0.489. The first-order valence-electron chi connectivity index (χ1n) is 5.88. The van der Waals surface area contributed by atoms with Gasteiger partial charge in [0.1, 0.15) is 0 Å². The molecule has 1 unspecified atom stereocenters. The van der Waals surface area contributed by atoms with Gasteiger partial charge in [0.05, 0.1) is 5.25 Å². The van der Waals surface area contributed by atoms with Crippen LogP contribution in [0, 0.1) is 5.92 Å². The van der Waals surface area contributed by atoms with Crippen molar-refractivity contribution in [1.29, 1.82) is 0 Å². The number of piperidine rings is 1. The maximum Gasteiger partial charge on any atom is 0.215 e. The van der Waals surface area contributed by atoms with Crippen LogP contribution in [0.4, 0.5) is 0 Å².